The number of benzene rings is 1. The van der Waals surface area contributed by atoms with Crippen LogP contribution in [0.25, 0.3) is 0 Å². The standard InChI is InChI=1S/C16H24O3/c1-12(2)16(17,11-18-3)10-13-8-9-19-15-7-5-4-6-14(13)15/h4-7,12-13,17H,8-11H2,1-3H3. The number of methoxy groups -OCH3 is 1. The molecule has 0 spiro atoms. The zero-order chi connectivity index (χ0) is 13.9. The molecule has 0 saturated carbocycles. The molecule has 1 heterocycles. The van der Waals surface area contributed by atoms with Crippen LogP contribution < -0.4 is 4.74 Å². The molecule has 106 valence electrons. The minimum absolute atomic E-state index is 0.169. The molecule has 0 radical (unpaired) electrons. The van der Waals surface area contributed by atoms with E-state index in [0.717, 1.165) is 25.2 Å². The first-order valence-corrected chi connectivity index (χ1v) is 7.00. The fourth-order valence-electron chi connectivity index (χ4n) is 2.77. The van der Waals surface area contributed by atoms with E-state index in [-0.39, 0.29) is 5.92 Å². The maximum Gasteiger partial charge on any atom is 0.122 e. The first-order valence-electron chi connectivity index (χ1n) is 7.00. The van der Waals surface area contributed by atoms with Crippen molar-refractivity contribution in [3.63, 3.8) is 0 Å². The van der Waals surface area contributed by atoms with Crippen LogP contribution in [0.3, 0.4) is 0 Å². The van der Waals surface area contributed by atoms with Crippen molar-refractivity contribution in [2.45, 2.75) is 38.2 Å². The molecule has 0 amide bonds. The summed E-state index contributed by atoms with van der Waals surface area (Å²) in [6.07, 6.45) is 1.68. The number of ether oxygens (including phenoxy) is 2. The highest BCUT2D eigenvalue weighted by Crippen LogP contribution is 2.40. The van der Waals surface area contributed by atoms with Crippen LogP contribution in [0.15, 0.2) is 24.3 Å². The van der Waals surface area contributed by atoms with Crippen LogP contribution in [-0.4, -0.2) is 31.0 Å². The summed E-state index contributed by atoms with van der Waals surface area (Å²) in [7, 11) is 1.64. The van der Waals surface area contributed by atoms with Gasteiger partial charge in [0.25, 0.3) is 0 Å². The molecule has 0 aromatic heterocycles. The average molecular weight is 264 g/mol. The van der Waals surface area contributed by atoms with Gasteiger partial charge in [-0.25, -0.2) is 0 Å². The van der Waals surface area contributed by atoms with E-state index in [2.05, 4.69) is 6.07 Å². The predicted octanol–water partition coefficient (Wildman–Crippen LogP) is 2.98. The molecule has 1 N–H and O–H groups in total. The van der Waals surface area contributed by atoms with Crippen molar-refractivity contribution in [2.24, 2.45) is 5.92 Å². The van der Waals surface area contributed by atoms with Gasteiger partial charge in [-0.05, 0) is 36.3 Å². The number of hydrogen-bond acceptors (Lipinski definition) is 3. The number of rotatable bonds is 5. The minimum Gasteiger partial charge on any atom is -0.493 e. The summed E-state index contributed by atoms with van der Waals surface area (Å²) in [5.74, 6) is 1.47. The fraction of sp³-hybridized carbons (Fsp3) is 0.625. The molecule has 19 heavy (non-hydrogen) atoms. The first kappa shape index (κ1) is 14.4. The Balaban J connectivity index is 2.19. The quantitative estimate of drug-likeness (QED) is 0.888. The lowest BCUT2D eigenvalue weighted by atomic mass is 9.78. The molecule has 1 aromatic rings. The van der Waals surface area contributed by atoms with E-state index >= 15 is 0 Å². The van der Waals surface area contributed by atoms with Gasteiger partial charge < -0.3 is 14.6 Å². The van der Waals surface area contributed by atoms with E-state index in [0.29, 0.717) is 12.5 Å². The maximum absolute atomic E-state index is 10.8. The van der Waals surface area contributed by atoms with Crippen LogP contribution in [0.2, 0.25) is 0 Å². The first-order chi connectivity index (χ1) is 9.07. The molecule has 1 aliphatic heterocycles. The molecule has 1 aliphatic rings. The van der Waals surface area contributed by atoms with Gasteiger partial charge in [0.15, 0.2) is 0 Å². The van der Waals surface area contributed by atoms with Gasteiger partial charge in [-0.2, -0.15) is 0 Å². The summed E-state index contributed by atoms with van der Waals surface area (Å²) < 4.78 is 10.9. The molecule has 2 rings (SSSR count). The molecule has 0 aliphatic carbocycles. The second-order valence-corrected chi connectivity index (χ2v) is 5.77. The van der Waals surface area contributed by atoms with Crippen LogP contribution in [-0.2, 0) is 4.74 Å². The van der Waals surface area contributed by atoms with Crippen molar-refractivity contribution in [3.8, 4) is 5.75 Å². The summed E-state index contributed by atoms with van der Waals surface area (Å²) in [6, 6.07) is 8.13. The Labute approximate surface area is 115 Å². The summed E-state index contributed by atoms with van der Waals surface area (Å²) >= 11 is 0. The van der Waals surface area contributed by atoms with Crippen molar-refractivity contribution in [1.29, 1.82) is 0 Å². The van der Waals surface area contributed by atoms with E-state index in [4.69, 9.17) is 9.47 Å². The summed E-state index contributed by atoms with van der Waals surface area (Å²) in [5.41, 5.74) is 0.438. The Morgan fingerprint density at radius 3 is 2.84 bits per heavy atom. The van der Waals surface area contributed by atoms with Crippen LogP contribution in [0, 0.1) is 5.92 Å². The van der Waals surface area contributed by atoms with Gasteiger partial charge in [0.2, 0.25) is 0 Å². The highest BCUT2D eigenvalue weighted by atomic mass is 16.5. The summed E-state index contributed by atoms with van der Waals surface area (Å²) in [6.45, 7) is 5.20. The molecule has 0 bridgehead atoms. The molecule has 3 nitrogen and oxygen atoms in total. The Morgan fingerprint density at radius 2 is 2.16 bits per heavy atom. The zero-order valence-corrected chi connectivity index (χ0v) is 12.1. The van der Waals surface area contributed by atoms with E-state index in [1.54, 1.807) is 7.11 Å². The van der Waals surface area contributed by atoms with Crippen molar-refractivity contribution >= 4 is 0 Å². The second kappa shape index (κ2) is 5.93. The maximum atomic E-state index is 10.8. The zero-order valence-electron chi connectivity index (χ0n) is 12.1. The van der Waals surface area contributed by atoms with Gasteiger partial charge in [-0.3, -0.25) is 0 Å². The van der Waals surface area contributed by atoms with E-state index in [1.165, 1.54) is 5.56 Å². The van der Waals surface area contributed by atoms with Crippen LogP contribution >= 0.6 is 0 Å². The van der Waals surface area contributed by atoms with Crippen molar-refractivity contribution in [3.05, 3.63) is 29.8 Å². The highest BCUT2D eigenvalue weighted by molar-refractivity contribution is 5.38. The monoisotopic (exact) mass is 264 g/mol. The van der Waals surface area contributed by atoms with Gasteiger partial charge in [-0.1, -0.05) is 32.0 Å². The molecule has 3 heteroatoms. The number of hydrogen-bond donors (Lipinski definition) is 1. The van der Waals surface area contributed by atoms with E-state index in [1.807, 2.05) is 32.0 Å². The van der Waals surface area contributed by atoms with Gasteiger partial charge in [0.05, 0.1) is 18.8 Å². The smallest absolute Gasteiger partial charge is 0.122 e. The molecule has 1 aromatic carbocycles. The fourth-order valence-corrected chi connectivity index (χ4v) is 2.77. The van der Waals surface area contributed by atoms with E-state index in [9.17, 15) is 5.11 Å². The lowest BCUT2D eigenvalue weighted by Crippen LogP contribution is -2.42. The minimum atomic E-state index is -0.774. The van der Waals surface area contributed by atoms with Gasteiger partial charge in [0.1, 0.15) is 5.75 Å². The SMILES string of the molecule is COCC(O)(CC1CCOc2ccccc21)C(C)C. The number of para-hydroxylation sites is 1. The lowest BCUT2D eigenvalue weighted by molar-refractivity contribution is -0.0758. The third kappa shape index (κ3) is 3.10. The van der Waals surface area contributed by atoms with Crippen LogP contribution in [0.5, 0.6) is 5.75 Å². The highest BCUT2D eigenvalue weighted by Gasteiger charge is 2.36. The van der Waals surface area contributed by atoms with Crippen molar-refractivity contribution in [1.82, 2.24) is 0 Å². The Morgan fingerprint density at radius 1 is 1.42 bits per heavy atom. The largest absolute Gasteiger partial charge is 0.493 e. The molecule has 0 fully saturated rings. The number of fused-ring (bicyclic) bond motifs is 1. The van der Waals surface area contributed by atoms with E-state index < -0.39 is 5.60 Å². The molecular weight excluding hydrogens is 240 g/mol. The molecule has 0 saturated heterocycles. The van der Waals surface area contributed by atoms with Gasteiger partial charge in [0, 0.05) is 7.11 Å². The topological polar surface area (TPSA) is 38.7 Å². The molecule has 2 atom stereocenters. The third-order valence-corrected chi connectivity index (χ3v) is 4.15. The lowest BCUT2D eigenvalue weighted by Gasteiger charge is -2.37. The molecule has 2 unspecified atom stereocenters. The Kier molecular flexibility index (Phi) is 4.48. The predicted molar refractivity (Wildman–Crippen MR) is 75.6 cm³/mol. The second-order valence-electron chi connectivity index (χ2n) is 5.77. The van der Waals surface area contributed by atoms with Gasteiger partial charge in [-0.15, -0.1) is 0 Å². The number of aliphatic hydroxyl groups is 1. The summed E-state index contributed by atoms with van der Waals surface area (Å²) in [4.78, 5) is 0. The Bertz CT molecular complexity index is 416. The normalized spacial score (nSPS) is 21.6. The molecular formula is C16H24O3. The summed E-state index contributed by atoms with van der Waals surface area (Å²) in [5, 5.41) is 10.8. The van der Waals surface area contributed by atoms with Crippen molar-refractivity contribution in [2.75, 3.05) is 20.3 Å². The Hall–Kier alpha value is -1.06. The van der Waals surface area contributed by atoms with Crippen LogP contribution in [0.4, 0.5) is 0 Å². The van der Waals surface area contributed by atoms with Crippen LogP contribution in [0.1, 0.15) is 38.2 Å². The van der Waals surface area contributed by atoms with Crippen molar-refractivity contribution < 1.29 is 14.6 Å². The van der Waals surface area contributed by atoms with Gasteiger partial charge >= 0.3 is 0 Å². The third-order valence-electron chi connectivity index (χ3n) is 4.15. The average Bonchev–Trinajstić information content (AvgIpc) is 2.39.